The predicted octanol–water partition coefficient (Wildman–Crippen LogP) is 2.76. The number of rotatable bonds is 3. The van der Waals surface area contributed by atoms with E-state index in [2.05, 4.69) is 0 Å². The summed E-state index contributed by atoms with van der Waals surface area (Å²) in [5.74, 6) is -1.12. The first kappa shape index (κ1) is 19.1. The van der Waals surface area contributed by atoms with Gasteiger partial charge in [-0.05, 0) is 34.9 Å². The maximum atomic E-state index is 12.7. The maximum Gasteiger partial charge on any atom is 0.310 e. The minimum Gasteiger partial charge on any atom is -0.502 e. The topological polar surface area (TPSA) is 104 Å². The number of carbonyl (C=O) groups is 1. The standard InChI is InChI=1S/C21H19ClO8/c1-26-14-5-10(17(22)20(27-2)19(14)24)15-8-3-12-13(30-7-29-12)4-9(8)18(23)11-6-28-21(25)16(11)15/h3-5,11,15-16,18,23-24H,6-7H2,1-2H3/t11-,15-,16-,18+/m1/s1. The smallest absolute Gasteiger partial charge is 0.310 e. The average Bonchev–Trinajstić information content (AvgIpc) is 3.35. The van der Waals surface area contributed by atoms with Crippen molar-refractivity contribution in [1.82, 2.24) is 0 Å². The van der Waals surface area contributed by atoms with E-state index in [4.69, 9.17) is 35.3 Å². The number of hydrogen-bond donors (Lipinski definition) is 2. The Balaban J connectivity index is 1.79. The number of carbonyl (C=O) groups excluding carboxylic acids is 1. The first-order valence-corrected chi connectivity index (χ1v) is 9.75. The molecule has 30 heavy (non-hydrogen) atoms. The summed E-state index contributed by atoms with van der Waals surface area (Å²) in [6, 6.07) is 5.08. The van der Waals surface area contributed by atoms with Crippen molar-refractivity contribution in [2.45, 2.75) is 12.0 Å². The fourth-order valence-corrected chi connectivity index (χ4v) is 5.03. The summed E-state index contributed by atoms with van der Waals surface area (Å²) in [5.41, 5.74) is 1.80. The number of methoxy groups -OCH3 is 2. The first-order chi connectivity index (χ1) is 14.5. The van der Waals surface area contributed by atoms with Gasteiger partial charge in [0.15, 0.2) is 23.0 Å². The molecule has 2 N–H and O–H groups in total. The van der Waals surface area contributed by atoms with Crippen LogP contribution in [0.4, 0.5) is 0 Å². The highest BCUT2D eigenvalue weighted by Crippen LogP contribution is 2.57. The predicted molar refractivity (Wildman–Crippen MR) is 104 cm³/mol. The van der Waals surface area contributed by atoms with Crippen molar-refractivity contribution in [2.75, 3.05) is 27.6 Å². The van der Waals surface area contributed by atoms with Gasteiger partial charge in [0.1, 0.15) is 0 Å². The molecule has 0 spiro atoms. The number of benzene rings is 2. The van der Waals surface area contributed by atoms with Gasteiger partial charge in [0.2, 0.25) is 12.5 Å². The molecule has 1 fully saturated rings. The van der Waals surface area contributed by atoms with Crippen LogP contribution in [0.1, 0.15) is 28.7 Å². The fourth-order valence-electron chi connectivity index (χ4n) is 4.70. The molecule has 0 amide bonds. The fraction of sp³-hybridized carbons (Fsp3) is 0.381. The lowest BCUT2D eigenvalue weighted by Crippen LogP contribution is -2.34. The Kier molecular flexibility index (Phi) is 4.37. The Morgan fingerprint density at radius 1 is 1.03 bits per heavy atom. The van der Waals surface area contributed by atoms with Crippen LogP contribution in [0, 0.1) is 11.8 Å². The number of fused-ring (bicyclic) bond motifs is 3. The molecular formula is C21H19ClO8. The molecule has 2 heterocycles. The van der Waals surface area contributed by atoms with Crippen molar-refractivity contribution in [2.24, 2.45) is 11.8 Å². The van der Waals surface area contributed by atoms with Crippen LogP contribution in [-0.4, -0.2) is 43.8 Å². The van der Waals surface area contributed by atoms with E-state index in [9.17, 15) is 15.0 Å². The lowest BCUT2D eigenvalue weighted by Gasteiger charge is -2.37. The maximum absolute atomic E-state index is 12.7. The van der Waals surface area contributed by atoms with Crippen LogP contribution in [-0.2, 0) is 9.53 Å². The third-order valence-electron chi connectivity index (χ3n) is 6.10. The average molecular weight is 435 g/mol. The van der Waals surface area contributed by atoms with Crippen LogP contribution in [0.3, 0.4) is 0 Å². The van der Waals surface area contributed by atoms with E-state index in [1.165, 1.54) is 14.2 Å². The van der Waals surface area contributed by atoms with Gasteiger partial charge in [0.25, 0.3) is 0 Å². The summed E-state index contributed by atoms with van der Waals surface area (Å²) >= 11 is 6.62. The summed E-state index contributed by atoms with van der Waals surface area (Å²) in [4.78, 5) is 12.7. The van der Waals surface area contributed by atoms with Crippen LogP contribution >= 0.6 is 11.6 Å². The zero-order valence-corrected chi connectivity index (χ0v) is 16.9. The molecule has 5 rings (SSSR count). The van der Waals surface area contributed by atoms with E-state index in [0.717, 1.165) is 0 Å². The highest BCUT2D eigenvalue weighted by Gasteiger charge is 2.52. The third kappa shape index (κ3) is 2.53. The summed E-state index contributed by atoms with van der Waals surface area (Å²) in [5, 5.41) is 21.6. The van der Waals surface area contributed by atoms with Gasteiger partial charge in [-0.15, -0.1) is 0 Å². The van der Waals surface area contributed by atoms with Gasteiger partial charge in [0, 0.05) is 11.8 Å². The van der Waals surface area contributed by atoms with E-state index >= 15 is 0 Å². The quantitative estimate of drug-likeness (QED) is 0.711. The van der Waals surface area contributed by atoms with Crippen molar-refractivity contribution >= 4 is 17.6 Å². The molecule has 4 atom stereocenters. The molecule has 0 bridgehead atoms. The lowest BCUT2D eigenvalue weighted by molar-refractivity contribution is -0.141. The molecule has 0 unspecified atom stereocenters. The van der Waals surface area contributed by atoms with E-state index in [1.54, 1.807) is 18.2 Å². The first-order valence-electron chi connectivity index (χ1n) is 9.37. The van der Waals surface area contributed by atoms with Crippen LogP contribution in [0.2, 0.25) is 5.02 Å². The number of esters is 1. The molecule has 158 valence electrons. The third-order valence-corrected chi connectivity index (χ3v) is 6.48. The van der Waals surface area contributed by atoms with Crippen LogP contribution in [0.5, 0.6) is 28.7 Å². The van der Waals surface area contributed by atoms with Gasteiger partial charge in [0.05, 0.1) is 37.9 Å². The van der Waals surface area contributed by atoms with Crippen LogP contribution in [0.15, 0.2) is 18.2 Å². The highest BCUT2D eigenvalue weighted by molar-refractivity contribution is 6.33. The van der Waals surface area contributed by atoms with Crippen LogP contribution in [0.25, 0.3) is 0 Å². The second kappa shape index (κ2) is 6.85. The van der Waals surface area contributed by atoms with Gasteiger partial charge < -0.3 is 33.9 Å². The molecular weight excluding hydrogens is 416 g/mol. The number of phenolic OH excluding ortho intramolecular Hbond substituents is 1. The molecule has 3 aliphatic rings. The van der Waals surface area contributed by atoms with Gasteiger partial charge >= 0.3 is 5.97 Å². The van der Waals surface area contributed by atoms with Gasteiger partial charge in [-0.25, -0.2) is 0 Å². The van der Waals surface area contributed by atoms with Gasteiger partial charge in [-0.1, -0.05) is 11.6 Å². The summed E-state index contributed by atoms with van der Waals surface area (Å²) in [6.07, 6.45) is -0.915. The molecule has 2 aliphatic heterocycles. The van der Waals surface area contributed by atoms with Crippen molar-refractivity contribution in [1.29, 1.82) is 0 Å². The molecule has 2 aromatic rings. The Morgan fingerprint density at radius 2 is 1.73 bits per heavy atom. The summed E-state index contributed by atoms with van der Waals surface area (Å²) in [7, 11) is 2.79. The zero-order valence-electron chi connectivity index (χ0n) is 16.2. The number of phenols is 1. The van der Waals surface area contributed by atoms with Gasteiger partial charge in [-0.2, -0.15) is 0 Å². The zero-order chi connectivity index (χ0) is 21.2. The van der Waals surface area contributed by atoms with E-state index in [1.807, 2.05) is 0 Å². The lowest BCUT2D eigenvalue weighted by atomic mass is 9.66. The van der Waals surface area contributed by atoms with Crippen molar-refractivity contribution in [3.8, 4) is 28.7 Å². The summed E-state index contributed by atoms with van der Waals surface area (Å²) in [6.45, 7) is 0.175. The van der Waals surface area contributed by atoms with Gasteiger partial charge in [-0.3, -0.25) is 4.79 Å². The molecule has 0 radical (unpaired) electrons. The Morgan fingerprint density at radius 3 is 2.40 bits per heavy atom. The minimum absolute atomic E-state index is 0.0438. The van der Waals surface area contributed by atoms with Crippen LogP contribution < -0.4 is 18.9 Å². The second-order valence-corrected chi connectivity index (χ2v) is 7.82. The SMILES string of the molecule is COc1cc([C@H]2c3cc4c(cc3[C@H](O)[C@@H]3COC(=O)[C@@H]23)OCO4)c(Cl)c(OC)c1O. The Bertz CT molecular complexity index is 1050. The van der Waals surface area contributed by atoms with Crippen molar-refractivity contribution < 1.29 is 38.7 Å². The highest BCUT2D eigenvalue weighted by atomic mass is 35.5. The van der Waals surface area contributed by atoms with E-state index in [0.29, 0.717) is 28.2 Å². The largest absolute Gasteiger partial charge is 0.502 e. The van der Waals surface area contributed by atoms with Crippen molar-refractivity contribution in [3.05, 3.63) is 39.9 Å². The van der Waals surface area contributed by atoms with E-state index < -0.39 is 29.8 Å². The van der Waals surface area contributed by atoms with E-state index in [-0.39, 0.29) is 35.7 Å². The number of aliphatic hydroxyl groups is 1. The molecule has 1 aliphatic carbocycles. The number of hydrogen-bond acceptors (Lipinski definition) is 8. The molecule has 0 aromatic heterocycles. The second-order valence-electron chi connectivity index (χ2n) is 7.44. The molecule has 1 saturated heterocycles. The number of aromatic hydroxyl groups is 1. The Hall–Kier alpha value is -2.84. The molecule has 9 heteroatoms. The number of cyclic esters (lactones) is 1. The van der Waals surface area contributed by atoms with Crippen molar-refractivity contribution in [3.63, 3.8) is 0 Å². The Labute approximate surface area is 176 Å². The normalized spacial score (nSPS) is 26.1. The summed E-state index contributed by atoms with van der Waals surface area (Å²) < 4.78 is 26.9. The molecule has 8 nitrogen and oxygen atoms in total. The molecule has 2 aromatic carbocycles. The monoisotopic (exact) mass is 434 g/mol. The number of aliphatic hydroxyl groups excluding tert-OH is 1. The minimum atomic E-state index is -0.915. The number of halogens is 1. The molecule has 0 saturated carbocycles. The number of ether oxygens (including phenoxy) is 5.